The Labute approximate surface area is 114 Å². The second-order valence-electron chi connectivity index (χ2n) is 4.81. The maximum Gasteiger partial charge on any atom is 0.314 e. The Morgan fingerprint density at radius 3 is 2.63 bits per heavy atom. The van der Waals surface area contributed by atoms with Crippen molar-refractivity contribution in [2.45, 2.75) is 38.7 Å². The molecule has 108 valence electrons. The lowest BCUT2D eigenvalue weighted by Crippen LogP contribution is -2.46. The van der Waals surface area contributed by atoms with Crippen LogP contribution in [0.4, 0.5) is 4.79 Å². The molecule has 0 aliphatic rings. The fourth-order valence-corrected chi connectivity index (χ4v) is 1.73. The van der Waals surface area contributed by atoms with E-state index in [0.717, 1.165) is 12.0 Å². The second-order valence-corrected chi connectivity index (χ2v) is 4.81. The van der Waals surface area contributed by atoms with Crippen molar-refractivity contribution < 1.29 is 9.90 Å². The van der Waals surface area contributed by atoms with Gasteiger partial charge in [-0.2, -0.15) is 5.10 Å². The minimum Gasteiger partial charge on any atom is -0.388 e. The summed E-state index contributed by atoms with van der Waals surface area (Å²) in [6.07, 6.45) is 5.70. The first kappa shape index (κ1) is 15.5. The predicted octanol–water partition coefficient (Wildman–Crippen LogP) is 0.813. The zero-order valence-corrected chi connectivity index (χ0v) is 11.9. The molecular weight excluding hydrogens is 244 g/mol. The standard InChI is InChI=1S/C13H24N4O2/c1-4-13(19,5-2)10-15-12(18)14-7-6-11-8-16-17(3)9-11/h8-9,19H,4-7,10H2,1-3H3,(H2,14,15,18). The van der Waals surface area contributed by atoms with Gasteiger partial charge in [0.1, 0.15) is 0 Å². The average Bonchev–Trinajstić information content (AvgIpc) is 2.82. The number of aliphatic hydroxyl groups is 1. The Kier molecular flexibility index (Phi) is 5.82. The van der Waals surface area contributed by atoms with Crippen molar-refractivity contribution in [1.29, 1.82) is 0 Å². The third-order valence-corrected chi connectivity index (χ3v) is 3.35. The van der Waals surface area contributed by atoms with Crippen molar-refractivity contribution in [1.82, 2.24) is 20.4 Å². The monoisotopic (exact) mass is 268 g/mol. The van der Waals surface area contributed by atoms with Crippen LogP contribution in [0, 0.1) is 0 Å². The highest BCUT2D eigenvalue weighted by Crippen LogP contribution is 2.12. The molecule has 0 radical (unpaired) electrons. The highest BCUT2D eigenvalue weighted by molar-refractivity contribution is 5.73. The van der Waals surface area contributed by atoms with Crippen LogP contribution in [0.25, 0.3) is 0 Å². The number of nitrogens with one attached hydrogen (secondary N) is 2. The van der Waals surface area contributed by atoms with Gasteiger partial charge in [-0.15, -0.1) is 0 Å². The van der Waals surface area contributed by atoms with E-state index in [1.807, 2.05) is 27.1 Å². The van der Waals surface area contributed by atoms with Gasteiger partial charge in [-0.05, 0) is 24.8 Å². The van der Waals surface area contributed by atoms with Crippen molar-refractivity contribution in [2.75, 3.05) is 13.1 Å². The Bertz CT molecular complexity index is 399. The Balaban J connectivity index is 2.21. The molecule has 1 aromatic heterocycles. The number of nitrogens with zero attached hydrogens (tertiary/aromatic N) is 2. The number of hydrogen-bond acceptors (Lipinski definition) is 3. The number of aryl methyl sites for hydroxylation is 1. The molecule has 2 amide bonds. The van der Waals surface area contributed by atoms with E-state index in [1.165, 1.54) is 0 Å². The number of urea groups is 1. The summed E-state index contributed by atoms with van der Waals surface area (Å²) in [4.78, 5) is 11.6. The van der Waals surface area contributed by atoms with E-state index in [-0.39, 0.29) is 12.6 Å². The third-order valence-electron chi connectivity index (χ3n) is 3.35. The normalized spacial score (nSPS) is 11.4. The quantitative estimate of drug-likeness (QED) is 0.685. The highest BCUT2D eigenvalue weighted by atomic mass is 16.3. The van der Waals surface area contributed by atoms with Crippen LogP contribution in [0.15, 0.2) is 12.4 Å². The number of carbonyl (C=O) groups excluding carboxylic acids is 1. The van der Waals surface area contributed by atoms with Crippen LogP contribution >= 0.6 is 0 Å². The summed E-state index contributed by atoms with van der Waals surface area (Å²) in [5.74, 6) is 0. The summed E-state index contributed by atoms with van der Waals surface area (Å²) in [5.41, 5.74) is 0.280. The van der Waals surface area contributed by atoms with E-state index < -0.39 is 5.60 Å². The van der Waals surface area contributed by atoms with Gasteiger partial charge in [0.25, 0.3) is 0 Å². The van der Waals surface area contributed by atoms with Crippen LogP contribution in [0.1, 0.15) is 32.3 Å². The van der Waals surface area contributed by atoms with Gasteiger partial charge in [0.15, 0.2) is 0 Å². The molecule has 3 N–H and O–H groups in total. The van der Waals surface area contributed by atoms with Crippen molar-refractivity contribution in [2.24, 2.45) is 7.05 Å². The second kappa shape index (κ2) is 7.13. The van der Waals surface area contributed by atoms with Gasteiger partial charge in [0.2, 0.25) is 0 Å². The molecule has 0 fully saturated rings. The number of amides is 2. The SMILES string of the molecule is CCC(O)(CC)CNC(=O)NCCc1cnn(C)c1. The first-order valence-corrected chi connectivity index (χ1v) is 6.70. The van der Waals surface area contributed by atoms with E-state index in [0.29, 0.717) is 19.4 Å². The molecule has 6 nitrogen and oxygen atoms in total. The van der Waals surface area contributed by atoms with Gasteiger partial charge in [-0.25, -0.2) is 4.79 Å². The molecule has 0 aliphatic carbocycles. The number of rotatable bonds is 7. The van der Waals surface area contributed by atoms with Crippen molar-refractivity contribution in [3.8, 4) is 0 Å². The maximum atomic E-state index is 11.6. The lowest BCUT2D eigenvalue weighted by atomic mass is 9.98. The summed E-state index contributed by atoms with van der Waals surface area (Å²) >= 11 is 0. The summed E-state index contributed by atoms with van der Waals surface area (Å²) in [6.45, 7) is 4.64. The van der Waals surface area contributed by atoms with Crippen molar-refractivity contribution >= 4 is 6.03 Å². The van der Waals surface area contributed by atoms with Crippen LogP contribution in [-0.4, -0.2) is 39.6 Å². The zero-order chi connectivity index (χ0) is 14.3. The van der Waals surface area contributed by atoms with Crippen LogP contribution in [0.2, 0.25) is 0 Å². The summed E-state index contributed by atoms with van der Waals surface area (Å²) in [6, 6.07) is -0.246. The van der Waals surface area contributed by atoms with Gasteiger partial charge in [-0.1, -0.05) is 13.8 Å². The largest absolute Gasteiger partial charge is 0.388 e. The molecule has 0 aliphatic heterocycles. The molecule has 0 saturated heterocycles. The fourth-order valence-electron chi connectivity index (χ4n) is 1.73. The van der Waals surface area contributed by atoms with Crippen LogP contribution in [-0.2, 0) is 13.5 Å². The Morgan fingerprint density at radius 1 is 1.42 bits per heavy atom. The van der Waals surface area contributed by atoms with Crippen LogP contribution in [0.5, 0.6) is 0 Å². The molecule has 0 atom stereocenters. The molecule has 19 heavy (non-hydrogen) atoms. The third kappa shape index (κ3) is 5.30. The smallest absolute Gasteiger partial charge is 0.314 e. The zero-order valence-electron chi connectivity index (χ0n) is 11.9. The van der Waals surface area contributed by atoms with E-state index in [2.05, 4.69) is 15.7 Å². The Hall–Kier alpha value is -1.56. The lowest BCUT2D eigenvalue weighted by molar-refractivity contribution is 0.0349. The molecule has 6 heteroatoms. The lowest BCUT2D eigenvalue weighted by Gasteiger charge is -2.25. The topological polar surface area (TPSA) is 79.2 Å². The molecule has 1 heterocycles. The van der Waals surface area contributed by atoms with Crippen LogP contribution < -0.4 is 10.6 Å². The van der Waals surface area contributed by atoms with E-state index in [9.17, 15) is 9.90 Å². The molecule has 0 saturated carbocycles. The van der Waals surface area contributed by atoms with Gasteiger partial charge < -0.3 is 15.7 Å². The van der Waals surface area contributed by atoms with E-state index in [4.69, 9.17) is 0 Å². The minimum absolute atomic E-state index is 0.246. The number of hydrogen-bond donors (Lipinski definition) is 3. The first-order chi connectivity index (χ1) is 8.99. The van der Waals surface area contributed by atoms with E-state index in [1.54, 1.807) is 10.9 Å². The van der Waals surface area contributed by atoms with Crippen molar-refractivity contribution in [3.63, 3.8) is 0 Å². The minimum atomic E-state index is -0.805. The molecule has 1 aromatic rings. The first-order valence-electron chi connectivity index (χ1n) is 6.70. The number of aromatic nitrogens is 2. The summed E-state index contributed by atoms with van der Waals surface area (Å²) < 4.78 is 1.73. The van der Waals surface area contributed by atoms with Crippen molar-refractivity contribution in [3.05, 3.63) is 18.0 Å². The summed E-state index contributed by atoms with van der Waals surface area (Å²) in [5, 5.41) is 19.5. The molecule has 0 aromatic carbocycles. The molecule has 0 spiro atoms. The average molecular weight is 268 g/mol. The van der Waals surface area contributed by atoms with Gasteiger partial charge in [0.05, 0.1) is 11.8 Å². The van der Waals surface area contributed by atoms with Gasteiger partial charge >= 0.3 is 6.03 Å². The molecule has 1 rings (SSSR count). The maximum absolute atomic E-state index is 11.6. The Morgan fingerprint density at radius 2 is 2.11 bits per heavy atom. The fraction of sp³-hybridized carbons (Fsp3) is 0.692. The van der Waals surface area contributed by atoms with Gasteiger partial charge in [-0.3, -0.25) is 4.68 Å². The molecule has 0 unspecified atom stereocenters. The van der Waals surface area contributed by atoms with Crippen LogP contribution in [0.3, 0.4) is 0 Å². The molecular formula is C13H24N4O2. The summed E-state index contributed by atoms with van der Waals surface area (Å²) in [7, 11) is 1.86. The van der Waals surface area contributed by atoms with Gasteiger partial charge in [0, 0.05) is 26.3 Å². The number of carbonyl (C=O) groups is 1. The van der Waals surface area contributed by atoms with E-state index >= 15 is 0 Å². The highest BCUT2D eigenvalue weighted by Gasteiger charge is 2.22. The predicted molar refractivity (Wildman–Crippen MR) is 73.8 cm³/mol. The molecule has 0 bridgehead atoms.